The fourth-order valence-electron chi connectivity index (χ4n) is 2.48. The summed E-state index contributed by atoms with van der Waals surface area (Å²) in [6, 6.07) is 6.57. The Hall–Kier alpha value is -1.39. The number of hydrogen-bond acceptors (Lipinski definition) is 2. The summed E-state index contributed by atoms with van der Waals surface area (Å²) in [5.41, 5.74) is 1.64. The fraction of sp³-hybridized carbons (Fsp3) is 0.312. The zero-order chi connectivity index (χ0) is 14.9. The SMILES string of the molecule is O=C(Cc1c(F)cccc1Cl)NCC1(c2ccsc2)CC1. The maximum Gasteiger partial charge on any atom is 0.224 e. The average Bonchev–Trinajstić information content (AvgIpc) is 3.04. The number of hydrogen-bond donors (Lipinski definition) is 1. The summed E-state index contributed by atoms with van der Waals surface area (Å²) in [4.78, 5) is 12.0. The number of nitrogens with one attached hydrogen (secondary N) is 1. The van der Waals surface area contributed by atoms with Crippen molar-refractivity contribution >= 4 is 28.8 Å². The maximum absolute atomic E-state index is 13.7. The third-order valence-corrected chi connectivity index (χ3v) is 5.05. The van der Waals surface area contributed by atoms with Gasteiger partial charge in [-0.05, 0) is 47.4 Å². The molecule has 0 unspecified atom stereocenters. The van der Waals surface area contributed by atoms with E-state index < -0.39 is 5.82 Å². The summed E-state index contributed by atoms with van der Waals surface area (Å²) >= 11 is 7.61. The van der Waals surface area contributed by atoms with E-state index in [1.807, 2.05) is 0 Å². The van der Waals surface area contributed by atoms with Crippen molar-refractivity contribution in [3.8, 4) is 0 Å². The lowest BCUT2D eigenvalue weighted by molar-refractivity contribution is -0.120. The van der Waals surface area contributed by atoms with Gasteiger partial charge in [0.25, 0.3) is 0 Å². The molecule has 1 heterocycles. The summed E-state index contributed by atoms with van der Waals surface area (Å²) in [6.45, 7) is 0.606. The van der Waals surface area contributed by atoms with Crippen molar-refractivity contribution in [1.29, 1.82) is 0 Å². The van der Waals surface area contributed by atoms with Crippen LogP contribution in [0.2, 0.25) is 5.02 Å². The Morgan fingerprint density at radius 1 is 1.38 bits per heavy atom. The van der Waals surface area contributed by atoms with Gasteiger partial charge in [0.1, 0.15) is 5.82 Å². The van der Waals surface area contributed by atoms with E-state index in [-0.39, 0.29) is 23.3 Å². The lowest BCUT2D eigenvalue weighted by atomic mass is 9.99. The number of carbonyl (C=O) groups excluding carboxylic acids is 1. The zero-order valence-electron chi connectivity index (χ0n) is 11.4. The highest BCUT2D eigenvalue weighted by Gasteiger charge is 2.44. The Morgan fingerprint density at radius 3 is 2.81 bits per heavy atom. The van der Waals surface area contributed by atoms with Crippen LogP contribution in [-0.4, -0.2) is 12.5 Å². The van der Waals surface area contributed by atoms with Gasteiger partial charge in [-0.25, -0.2) is 4.39 Å². The molecule has 3 rings (SSSR count). The monoisotopic (exact) mass is 323 g/mol. The van der Waals surface area contributed by atoms with Crippen LogP contribution in [0.1, 0.15) is 24.0 Å². The molecule has 1 aliphatic carbocycles. The van der Waals surface area contributed by atoms with Gasteiger partial charge in [-0.15, -0.1) is 0 Å². The molecule has 1 fully saturated rings. The molecule has 110 valence electrons. The normalized spacial score (nSPS) is 15.7. The molecule has 1 N–H and O–H groups in total. The first-order valence-corrected chi connectivity index (χ1v) is 8.15. The van der Waals surface area contributed by atoms with Crippen LogP contribution in [0, 0.1) is 5.82 Å². The second-order valence-corrected chi connectivity index (χ2v) is 6.63. The number of amides is 1. The van der Waals surface area contributed by atoms with E-state index in [0.717, 1.165) is 12.8 Å². The Labute approximate surface area is 131 Å². The molecule has 1 amide bonds. The van der Waals surface area contributed by atoms with Gasteiger partial charge in [-0.3, -0.25) is 4.79 Å². The second-order valence-electron chi connectivity index (χ2n) is 5.45. The molecule has 0 spiro atoms. The molecule has 0 bridgehead atoms. The summed E-state index contributed by atoms with van der Waals surface area (Å²) in [5, 5.41) is 7.40. The van der Waals surface area contributed by atoms with Gasteiger partial charge < -0.3 is 5.32 Å². The van der Waals surface area contributed by atoms with E-state index in [9.17, 15) is 9.18 Å². The predicted molar refractivity (Wildman–Crippen MR) is 83.4 cm³/mol. The molecule has 1 saturated carbocycles. The lowest BCUT2D eigenvalue weighted by Crippen LogP contribution is -2.33. The zero-order valence-corrected chi connectivity index (χ0v) is 12.9. The van der Waals surface area contributed by atoms with Crippen molar-refractivity contribution in [2.75, 3.05) is 6.54 Å². The molecule has 1 aromatic heterocycles. The van der Waals surface area contributed by atoms with E-state index in [2.05, 4.69) is 22.1 Å². The topological polar surface area (TPSA) is 29.1 Å². The summed E-state index contributed by atoms with van der Waals surface area (Å²) < 4.78 is 13.7. The largest absolute Gasteiger partial charge is 0.355 e. The van der Waals surface area contributed by atoms with Crippen LogP contribution in [0.3, 0.4) is 0 Å². The van der Waals surface area contributed by atoms with Gasteiger partial charge in [0, 0.05) is 22.5 Å². The molecule has 1 aromatic carbocycles. The van der Waals surface area contributed by atoms with Gasteiger partial charge in [0.15, 0.2) is 0 Å². The highest BCUT2D eigenvalue weighted by Crippen LogP contribution is 2.48. The third kappa shape index (κ3) is 3.11. The van der Waals surface area contributed by atoms with Crippen molar-refractivity contribution in [3.05, 3.63) is 57.0 Å². The molecule has 0 aliphatic heterocycles. The second kappa shape index (κ2) is 5.78. The van der Waals surface area contributed by atoms with Crippen LogP contribution in [-0.2, 0) is 16.6 Å². The molecule has 0 atom stereocenters. The first kappa shape index (κ1) is 14.5. The Morgan fingerprint density at radius 2 is 2.19 bits per heavy atom. The van der Waals surface area contributed by atoms with Crippen LogP contribution in [0.25, 0.3) is 0 Å². The van der Waals surface area contributed by atoms with Gasteiger partial charge in [-0.2, -0.15) is 11.3 Å². The first-order chi connectivity index (χ1) is 10.1. The number of benzene rings is 1. The minimum Gasteiger partial charge on any atom is -0.355 e. The highest BCUT2D eigenvalue weighted by atomic mass is 35.5. The maximum atomic E-state index is 13.7. The Bertz CT molecular complexity index is 632. The van der Waals surface area contributed by atoms with Crippen LogP contribution in [0.4, 0.5) is 4.39 Å². The smallest absolute Gasteiger partial charge is 0.224 e. The minimum atomic E-state index is -0.434. The van der Waals surface area contributed by atoms with E-state index in [1.165, 1.54) is 17.7 Å². The van der Waals surface area contributed by atoms with Crippen molar-refractivity contribution < 1.29 is 9.18 Å². The Kier molecular flexibility index (Phi) is 4.00. The van der Waals surface area contributed by atoms with Gasteiger partial charge >= 0.3 is 0 Å². The van der Waals surface area contributed by atoms with E-state index >= 15 is 0 Å². The molecule has 5 heteroatoms. The molecule has 21 heavy (non-hydrogen) atoms. The predicted octanol–water partition coefficient (Wildman–Crippen LogP) is 3.93. The summed E-state index contributed by atoms with van der Waals surface area (Å²) in [7, 11) is 0. The van der Waals surface area contributed by atoms with E-state index in [4.69, 9.17) is 11.6 Å². The Balaban J connectivity index is 1.61. The third-order valence-electron chi connectivity index (χ3n) is 4.01. The fourth-order valence-corrected chi connectivity index (χ4v) is 3.49. The molecule has 1 aliphatic rings. The molecular weight excluding hydrogens is 309 g/mol. The standard InChI is InChI=1S/C16H15ClFNOS/c17-13-2-1-3-14(18)12(13)8-15(20)19-10-16(5-6-16)11-4-7-21-9-11/h1-4,7,9H,5-6,8,10H2,(H,19,20). The lowest BCUT2D eigenvalue weighted by Gasteiger charge is -2.15. The number of thiophene rings is 1. The quantitative estimate of drug-likeness (QED) is 0.887. The van der Waals surface area contributed by atoms with Crippen LogP contribution >= 0.6 is 22.9 Å². The molecule has 0 saturated heterocycles. The van der Waals surface area contributed by atoms with Crippen LogP contribution in [0.15, 0.2) is 35.0 Å². The molecular formula is C16H15ClFNOS. The van der Waals surface area contributed by atoms with Crippen molar-refractivity contribution in [1.82, 2.24) is 5.32 Å². The average molecular weight is 324 g/mol. The first-order valence-electron chi connectivity index (χ1n) is 6.83. The van der Waals surface area contributed by atoms with Gasteiger partial charge in [0.05, 0.1) is 6.42 Å². The summed E-state index contributed by atoms with van der Waals surface area (Å²) in [6.07, 6.45) is 2.15. The van der Waals surface area contributed by atoms with Crippen molar-refractivity contribution in [3.63, 3.8) is 0 Å². The van der Waals surface area contributed by atoms with Crippen molar-refractivity contribution in [2.45, 2.75) is 24.7 Å². The molecule has 2 nitrogen and oxygen atoms in total. The van der Waals surface area contributed by atoms with Crippen LogP contribution < -0.4 is 5.32 Å². The highest BCUT2D eigenvalue weighted by molar-refractivity contribution is 7.08. The van der Waals surface area contributed by atoms with Gasteiger partial charge in [-0.1, -0.05) is 17.7 Å². The van der Waals surface area contributed by atoms with Crippen LogP contribution in [0.5, 0.6) is 0 Å². The number of halogens is 2. The minimum absolute atomic E-state index is 0.0226. The number of carbonyl (C=O) groups is 1. The van der Waals surface area contributed by atoms with Gasteiger partial charge in [0.2, 0.25) is 5.91 Å². The summed E-state index contributed by atoms with van der Waals surface area (Å²) in [5.74, 6) is -0.625. The molecule has 0 radical (unpaired) electrons. The van der Waals surface area contributed by atoms with Crippen molar-refractivity contribution in [2.24, 2.45) is 0 Å². The van der Waals surface area contributed by atoms with E-state index in [0.29, 0.717) is 11.6 Å². The number of rotatable bonds is 5. The van der Waals surface area contributed by atoms with E-state index in [1.54, 1.807) is 17.4 Å². The molecule has 2 aromatic rings.